The van der Waals surface area contributed by atoms with Crippen LogP contribution >= 0.6 is 11.6 Å². The summed E-state index contributed by atoms with van der Waals surface area (Å²) in [7, 11) is 0. The number of rotatable bonds is 6. The highest BCUT2D eigenvalue weighted by atomic mass is 35.5. The lowest BCUT2D eigenvalue weighted by molar-refractivity contribution is -0.121. The SMILES string of the molecule is O=C(CCn1ncc(=O)c2ccccc21)NCc1ccc(-c2ccc(Cl)cc2)o1. The Labute approximate surface area is 171 Å². The number of hydrogen-bond acceptors (Lipinski definition) is 4. The van der Waals surface area contributed by atoms with Crippen LogP contribution in [0.25, 0.3) is 22.2 Å². The highest BCUT2D eigenvalue weighted by Crippen LogP contribution is 2.23. The fourth-order valence-electron chi connectivity index (χ4n) is 3.06. The third-order valence-electron chi connectivity index (χ3n) is 4.56. The first-order chi connectivity index (χ1) is 14.1. The highest BCUT2D eigenvalue weighted by Gasteiger charge is 2.09. The fourth-order valence-corrected chi connectivity index (χ4v) is 3.19. The van der Waals surface area contributed by atoms with Crippen molar-refractivity contribution in [2.45, 2.75) is 19.5 Å². The van der Waals surface area contributed by atoms with E-state index in [1.165, 1.54) is 6.20 Å². The molecule has 2 aromatic heterocycles. The molecule has 0 saturated heterocycles. The lowest BCUT2D eigenvalue weighted by Crippen LogP contribution is -2.24. The van der Waals surface area contributed by atoms with E-state index in [9.17, 15) is 9.59 Å². The zero-order valence-electron chi connectivity index (χ0n) is 15.5. The second-order valence-corrected chi connectivity index (χ2v) is 6.99. The summed E-state index contributed by atoms with van der Waals surface area (Å²) in [5.74, 6) is 1.25. The van der Waals surface area contributed by atoms with Gasteiger partial charge >= 0.3 is 0 Å². The van der Waals surface area contributed by atoms with Crippen molar-refractivity contribution in [1.82, 2.24) is 15.1 Å². The number of benzene rings is 2. The van der Waals surface area contributed by atoms with E-state index in [1.54, 1.807) is 22.9 Å². The lowest BCUT2D eigenvalue weighted by Gasteiger charge is -2.09. The molecule has 0 aliphatic carbocycles. The van der Waals surface area contributed by atoms with Gasteiger partial charge in [-0.1, -0.05) is 23.7 Å². The number of carbonyl (C=O) groups excluding carboxylic acids is 1. The van der Waals surface area contributed by atoms with Crippen molar-refractivity contribution in [2.75, 3.05) is 0 Å². The molecule has 4 rings (SSSR count). The van der Waals surface area contributed by atoms with Gasteiger partial charge in [-0.25, -0.2) is 0 Å². The quantitative estimate of drug-likeness (QED) is 0.523. The minimum absolute atomic E-state index is 0.126. The molecule has 29 heavy (non-hydrogen) atoms. The predicted octanol–water partition coefficient (Wildman–Crippen LogP) is 4.02. The summed E-state index contributed by atoms with van der Waals surface area (Å²) in [5.41, 5.74) is 1.50. The number of nitrogens with one attached hydrogen (secondary N) is 1. The molecule has 0 aliphatic heterocycles. The van der Waals surface area contributed by atoms with Gasteiger partial charge in [0, 0.05) is 22.4 Å². The van der Waals surface area contributed by atoms with Crippen LogP contribution in [0.3, 0.4) is 0 Å². The summed E-state index contributed by atoms with van der Waals surface area (Å²) >= 11 is 5.90. The second kappa shape index (κ2) is 8.32. The maximum Gasteiger partial charge on any atom is 0.222 e. The van der Waals surface area contributed by atoms with Gasteiger partial charge in [0.1, 0.15) is 11.5 Å². The first kappa shape index (κ1) is 19.0. The average molecular weight is 408 g/mol. The average Bonchev–Trinajstić information content (AvgIpc) is 3.21. The van der Waals surface area contributed by atoms with Gasteiger partial charge in [0.2, 0.25) is 11.3 Å². The minimum atomic E-state index is -0.129. The molecule has 0 fully saturated rings. The Morgan fingerprint density at radius 2 is 1.86 bits per heavy atom. The van der Waals surface area contributed by atoms with Crippen molar-refractivity contribution in [2.24, 2.45) is 0 Å². The topological polar surface area (TPSA) is 77.1 Å². The lowest BCUT2D eigenvalue weighted by atomic mass is 10.2. The van der Waals surface area contributed by atoms with E-state index in [4.69, 9.17) is 16.0 Å². The summed E-state index contributed by atoms with van der Waals surface area (Å²) < 4.78 is 7.45. The smallest absolute Gasteiger partial charge is 0.222 e. The molecule has 0 bridgehead atoms. The number of aryl methyl sites for hydroxylation is 1. The van der Waals surface area contributed by atoms with Crippen molar-refractivity contribution in [1.29, 1.82) is 0 Å². The van der Waals surface area contributed by atoms with E-state index in [0.29, 0.717) is 34.8 Å². The van der Waals surface area contributed by atoms with E-state index in [-0.39, 0.29) is 17.8 Å². The summed E-state index contributed by atoms with van der Waals surface area (Å²) in [6.45, 7) is 0.672. The van der Waals surface area contributed by atoms with Crippen LogP contribution in [0.4, 0.5) is 0 Å². The number of furan rings is 1. The first-order valence-electron chi connectivity index (χ1n) is 9.16. The van der Waals surface area contributed by atoms with E-state index in [2.05, 4.69) is 10.4 Å². The molecule has 4 aromatic rings. The number of nitrogens with zero attached hydrogens (tertiary/aromatic N) is 2. The van der Waals surface area contributed by atoms with Gasteiger partial charge in [0.05, 0.1) is 24.8 Å². The zero-order valence-corrected chi connectivity index (χ0v) is 16.2. The van der Waals surface area contributed by atoms with E-state index < -0.39 is 0 Å². The van der Waals surface area contributed by atoms with Crippen LogP contribution in [0.5, 0.6) is 0 Å². The van der Waals surface area contributed by atoms with E-state index >= 15 is 0 Å². The molecule has 0 atom stereocenters. The molecule has 146 valence electrons. The second-order valence-electron chi connectivity index (χ2n) is 6.55. The Morgan fingerprint density at radius 1 is 1.07 bits per heavy atom. The summed E-state index contributed by atoms with van der Waals surface area (Å²) in [5, 5.41) is 8.24. The number of fused-ring (bicyclic) bond motifs is 1. The van der Waals surface area contributed by atoms with Crippen LogP contribution in [-0.2, 0) is 17.9 Å². The van der Waals surface area contributed by atoms with E-state index in [1.807, 2.05) is 42.5 Å². The Kier molecular flexibility index (Phi) is 5.44. The van der Waals surface area contributed by atoms with Crippen LogP contribution in [0.1, 0.15) is 12.2 Å². The number of hydrogen-bond donors (Lipinski definition) is 1. The van der Waals surface area contributed by atoms with Crippen molar-refractivity contribution in [3.63, 3.8) is 0 Å². The molecule has 2 aromatic carbocycles. The summed E-state index contributed by atoms with van der Waals surface area (Å²) in [4.78, 5) is 24.1. The Bertz CT molecular complexity index is 1210. The molecule has 1 N–H and O–H groups in total. The largest absolute Gasteiger partial charge is 0.459 e. The molecule has 0 aliphatic rings. The van der Waals surface area contributed by atoms with Crippen LogP contribution in [0.15, 0.2) is 76.1 Å². The Hall–Kier alpha value is -3.38. The number of amides is 1. The van der Waals surface area contributed by atoms with Crippen LogP contribution in [-0.4, -0.2) is 15.7 Å². The monoisotopic (exact) mass is 407 g/mol. The van der Waals surface area contributed by atoms with Gasteiger partial charge in [-0.15, -0.1) is 0 Å². The number of carbonyl (C=O) groups is 1. The van der Waals surface area contributed by atoms with Crippen LogP contribution in [0, 0.1) is 0 Å². The van der Waals surface area contributed by atoms with E-state index in [0.717, 1.165) is 11.3 Å². The first-order valence-corrected chi connectivity index (χ1v) is 9.54. The van der Waals surface area contributed by atoms with Gasteiger partial charge in [0.15, 0.2) is 0 Å². The van der Waals surface area contributed by atoms with Gasteiger partial charge in [0.25, 0.3) is 0 Å². The van der Waals surface area contributed by atoms with Gasteiger partial charge in [-0.05, 0) is 48.5 Å². The maximum atomic E-state index is 12.2. The highest BCUT2D eigenvalue weighted by molar-refractivity contribution is 6.30. The normalized spacial score (nSPS) is 10.9. The Balaban J connectivity index is 1.35. The standard InChI is InChI=1S/C22H18ClN3O3/c23-16-7-5-15(6-8-16)21-10-9-17(29-21)13-24-22(28)11-12-26-19-4-2-1-3-18(19)20(27)14-25-26/h1-10,14H,11-13H2,(H,24,28). The zero-order chi connectivity index (χ0) is 20.2. The van der Waals surface area contributed by atoms with Crippen LogP contribution < -0.4 is 10.7 Å². The van der Waals surface area contributed by atoms with Gasteiger partial charge in [-0.3, -0.25) is 14.3 Å². The van der Waals surface area contributed by atoms with Gasteiger partial charge < -0.3 is 9.73 Å². The molecular weight excluding hydrogens is 390 g/mol. The molecule has 2 heterocycles. The summed E-state index contributed by atoms with van der Waals surface area (Å²) in [6, 6.07) is 18.3. The van der Waals surface area contributed by atoms with Crippen molar-refractivity contribution in [3.05, 3.63) is 87.9 Å². The van der Waals surface area contributed by atoms with Crippen molar-refractivity contribution < 1.29 is 9.21 Å². The van der Waals surface area contributed by atoms with Crippen LogP contribution in [0.2, 0.25) is 5.02 Å². The molecular formula is C22H18ClN3O3. The molecule has 0 saturated carbocycles. The molecule has 7 heteroatoms. The summed E-state index contributed by atoms with van der Waals surface area (Å²) in [6.07, 6.45) is 1.52. The third-order valence-corrected chi connectivity index (χ3v) is 4.81. The van der Waals surface area contributed by atoms with Crippen molar-refractivity contribution in [3.8, 4) is 11.3 Å². The Morgan fingerprint density at radius 3 is 2.69 bits per heavy atom. The van der Waals surface area contributed by atoms with Crippen molar-refractivity contribution >= 4 is 28.4 Å². The molecule has 0 spiro atoms. The minimum Gasteiger partial charge on any atom is -0.459 e. The number of aromatic nitrogens is 2. The molecule has 0 radical (unpaired) electrons. The van der Waals surface area contributed by atoms with Gasteiger partial charge in [-0.2, -0.15) is 5.10 Å². The fraction of sp³-hybridized carbons (Fsp3) is 0.136. The predicted molar refractivity (Wildman–Crippen MR) is 112 cm³/mol. The number of para-hydroxylation sites is 1. The molecule has 0 unspecified atom stereocenters. The third kappa shape index (κ3) is 4.38. The maximum absolute atomic E-state index is 12.2. The molecule has 1 amide bonds. The molecule has 6 nitrogen and oxygen atoms in total. The number of halogens is 1.